The zero-order valence-electron chi connectivity index (χ0n) is 10.4. The Kier molecular flexibility index (Phi) is 3.99. The molecule has 1 saturated carbocycles. The van der Waals surface area contributed by atoms with Gasteiger partial charge in [-0.25, -0.2) is 4.39 Å². The summed E-state index contributed by atoms with van der Waals surface area (Å²) in [4.78, 5) is 22.9. The first-order chi connectivity index (χ1) is 9.06. The zero-order chi connectivity index (χ0) is 13.8. The lowest BCUT2D eigenvalue weighted by molar-refractivity contribution is -0.125. The minimum absolute atomic E-state index is 0.0971. The van der Waals surface area contributed by atoms with Crippen LogP contribution in [0, 0.1) is 5.82 Å². The Balaban J connectivity index is 1.97. The highest BCUT2D eigenvalue weighted by molar-refractivity contribution is 5.89. The van der Waals surface area contributed by atoms with Crippen LogP contribution < -0.4 is 16.4 Å². The minimum atomic E-state index is -0.921. The maximum atomic E-state index is 13.5. The third-order valence-electron chi connectivity index (χ3n) is 2.88. The van der Waals surface area contributed by atoms with Gasteiger partial charge in [0.25, 0.3) is 0 Å². The number of anilines is 1. The van der Waals surface area contributed by atoms with Crippen LogP contribution >= 0.6 is 0 Å². The molecule has 4 N–H and O–H groups in total. The first-order valence-corrected chi connectivity index (χ1v) is 6.16. The second kappa shape index (κ2) is 5.69. The summed E-state index contributed by atoms with van der Waals surface area (Å²) < 4.78 is 13.5. The van der Waals surface area contributed by atoms with Crippen LogP contribution in [-0.2, 0) is 9.59 Å². The largest absolute Gasteiger partial charge is 0.371 e. The Morgan fingerprint density at radius 1 is 1.37 bits per heavy atom. The molecule has 0 spiro atoms. The molecule has 0 saturated heterocycles. The van der Waals surface area contributed by atoms with Crippen molar-refractivity contribution in [2.75, 3.05) is 5.32 Å². The number of hydrogen-bond acceptors (Lipinski definition) is 3. The molecule has 1 aromatic carbocycles. The first kappa shape index (κ1) is 13.3. The predicted molar refractivity (Wildman–Crippen MR) is 68.8 cm³/mol. The van der Waals surface area contributed by atoms with E-state index in [1.165, 1.54) is 12.1 Å². The van der Waals surface area contributed by atoms with E-state index in [0.29, 0.717) is 0 Å². The van der Waals surface area contributed by atoms with Crippen molar-refractivity contribution >= 4 is 17.5 Å². The van der Waals surface area contributed by atoms with E-state index in [-0.39, 0.29) is 24.1 Å². The van der Waals surface area contributed by atoms with Crippen LogP contribution in [0.4, 0.5) is 10.1 Å². The molecule has 5 nitrogen and oxygen atoms in total. The molecule has 102 valence electrons. The summed E-state index contributed by atoms with van der Waals surface area (Å²) in [5, 5.41) is 5.42. The SMILES string of the molecule is NC(=O)C(CC(=O)NC1CC1)Nc1ccccc1F. The zero-order valence-corrected chi connectivity index (χ0v) is 10.4. The summed E-state index contributed by atoms with van der Waals surface area (Å²) in [6, 6.07) is 5.23. The lowest BCUT2D eigenvalue weighted by atomic mass is 10.1. The van der Waals surface area contributed by atoms with Gasteiger partial charge in [0.1, 0.15) is 11.9 Å². The Morgan fingerprint density at radius 2 is 2.05 bits per heavy atom. The van der Waals surface area contributed by atoms with Crippen LogP contribution in [0.5, 0.6) is 0 Å². The van der Waals surface area contributed by atoms with Crippen LogP contribution in [0.15, 0.2) is 24.3 Å². The molecule has 1 aliphatic rings. The van der Waals surface area contributed by atoms with Crippen LogP contribution in [0.1, 0.15) is 19.3 Å². The smallest absolute Gasteiger partial charge is 0.240 e. The minimum Gasteiger partial charge on any atom is -0.371 e. The molecule has 1 aliphatic carbocycles. The fourth-order valence-electron chi connectivity index (χ4n) is 1.69. The Labute approximate surface area is 110 Å². The van der Waals surface area contributed by atoms with Gasteiger partial charge in [-0.3, -0.25) is 9.59 Å². The van der Waals surface area contributed by atoms with Crippen LogP contribution in [0.25, 0.3) is 0 Å². The molecule has 19 heavy (non-hydrogen) atoms. The van der Waals surface area contributed by atoms with Crippen molar-refractivity contribution in [1.82, 2.24) is 5.32 Å². The van der Waals surface area contributed by atoms with Gasteiger partial charge in [0.15, 0.2) is 0 Å². The number of nitrogens with two attached hydrogens (primary N) is 1. The van der Waals surface area contributed by atoms with Gasteiger partial charge in [0.05, 0.1) is 12.1 Å². The second-order valence-corrected chi connectivity index (χ2v) is 4.63. The molecule has 0 heterocycles. The maximum Gasteiger partial charge on any atom is 0.240 e. The van der Waals surface area contributed by atoms with Gasteiger partial charge in [0, 0.05) is 6.04 Å². The lowest BCUT2D eigenvalue weighted by Crippen LogP contribution is -2.40. The number of carbonyl (C=O) groups excluding carboxylic acids is 2. The molecule has 0 aromatic heterocycles. The fourth-order valence-corrected chi connectivity index (χ4v) is 1.69. The number of amides is 2. The summed E-state index contributed by atoms with van der Waals surface area (Å²) in [6.45, 7) is 0. The highest BCUT2D eigenvalue weighted by Gasteiger charge is 2.26. The number of nitrogens with one attached hydrogen (secondary N) is 2. The van der Waals surface area contributed by atoms with E-state index >= 15 is 0 Å². The first-order valence-electron chi connectivity index (χ1n) is 6.16. The number of para-hydroxylation sites is 1. The molecular formula is C13H16FN3O2. The van der Waals surface area contributed by atoms with Gasteiger partial charge in [-0.05, 0) is 25.0 Å². The Morgan fingerprint density at radius 3 is 2.63 bits per heavy atom. The summed E-state index contributed by atoms with van der Waals surface area (Å²) in [5.41, 5.74) is 5.38. The number of benzene rings is 1. The number of halogens is 1. The van der Waals surface area contributed by atoms with Crippen molar-refractivity contribution in [2.45, 2.75) is 31.3 Å². The Hall–Kier alpha value is -2.11. The molecule has 1 fully saturated rings. The van der Waals surface area contributed by atoms with Crippen molar-refractivity contribution in [3.05, 3.63) is 30.1 Å². The fraction of sp³-hybridized carbons (Fsp3) is 0.385. The van der Waals surface area contributed by atoms with Crippen molar-refractivity contribution in [3.8, 4) is 0 Å². The van der Waals surface area contributed by atoms with E-state index in [2.05, 4.69) is 10.6 Å². The topological polar surface area (TPSA) is 84.2 Å². The third kappa shape index (κ3) is 3.94. The van der Waals surface area contributed by atoms with Gasteiger partial charge >= 0.3 is 0 Å². The second-order valence-electron chi connectivity index (χ2n) is 4.63. The number of primary amides is 1. The van der Waals surface area contributed by atoms with Crippen molar-refractivity contribution in [1.29, 1.82) is 0 Å². The average Bonchev–Trinajstić information content (AvgIpc) is 3.14. The van der Waals surface area contributed by atoms with Gasteiger partial charge in [-0.2, -0.15) is 0 Å². The van der Waals surface area contributed by atoms with Crippen molar-refractivity contribution in [2.24, 2.45) is 5.73 Å². The highest BCUT2D eigenvalue weighted by atomic mass is 19.1. The molecule has 0 bridgehead atoms. The monoisotopic (exact) mass is 265 g/mol. The lowest BCUT2D eigenvalue weighted by Gasteiger charge is -2.16. The van der Waals surface area contributed by atoms with Gasteiger partial charge in [0.2, 0.25) is 11.8 Å². The predicted octanol–water partition coefficient (Wildman–Crippen LogP) is 0.760. The normalized spacial score (nSPS) is 15.6. The van der Waals surface area contributed by atoms with Crippen molar-refractivity contribution < 1.29 is 14.0 Å². The number of hydrogen-bond donors (Lipinski definition) is 3. The summed E-state index contributed by atoms with van der Waals surface area (Å²) >= 11 is 0. The summed E-state index contributed by atoms with van der Waals surface area (Å²) in [7, 11) is 0. The molecular weight excluding hydrogens is 249 g/mol. The molecule has 1 aromatic rings. The van der Waals surface area contributed by atoms with Gasteiger partial charge in [-0.1, -0.05) is 12.1 Å². The Bertz CT molecular complexity index is 489. The van der Waals surface area contributed by atoms with Gasteiger partial charge < -0.3 is 16.4 Å². The van der Waals surface area contributed by atoms with E-state index in [1.54, 1.807) is 12.1 Å². The van der Waals surface area contributed by atoms with Crippen LogP contribution in [-0.4, -0.2) is 23.9 Å². The molecule has 0 radical (unpaired) electrons. The standard InChI is InChI=1S/C13H16FN3O2/c14-9-3-1-2-4-10(9)17-11(13(15)19)7-12(18)16-8-5-6-8/h1-4,8,11,17H,5-7H2,(H2,15,19)(H,16,18). The van der Waals surface area contributed by atoms with Gasteiger partial charge in [-0.15, -0.1) is 0 Å². The van der Waals surface area contributed by atoms with E-state index in [0.717, 1.165) is 12.8 Å². The molecule has 2 amide bonds. The molecule has 1 atom stereocenters. The van der Waals surface area contributed by atoms with E-state index in [4.69, 9.17) is 5.73 Å². The van der Waals surface area contributed by atoms with E-state index in [9.17, 15) is 14.0 Å². The maximum absolute atomic E-state index is 13.5. The summed E-state index contributed by atoms with van der Waals surface area (Å²) in [6.07, 6.45) is 1.83. The number of rotatable bonds is 6. The third-order valence-corrected chi connectivity index (χ3v) is 2.88. The van der Waals surface area contributed by atoms with E-state index in [1.807, 2.05) is 0 Å². The van der Waals surface area contributed by atoms with E-state index < -0.39 is 17.8 Å². The molecule has 0 aliphatic heterocycles. The quantitative estimate of drug-likeness (QED) is 0.710. The average molecular weight is 265 g/mol. The van der Waals surface area contributed by atoms with Crippen LogP contribution in [0.2, 0.25) is 0 Å². The highest BCUT2D eigenvalue weighted by Crippen LogP contribution is 2.19. The number of carbonyl (C=O) groups is 2. The summed E-state index contributed by atoms with van der Waals surface area (Å²) in [5.74, 6) is -1.43. The molecule has 2 rings (SSSR count). The molecule has 1 unspecified atom stereocenters. The van der Waals surface area contributed by atoms with Crippen molar-refractivity contribution in [3.63, 3.8) is 0 Å². The molecule has 6 heteroatoms. The van der Waals surface area contributed by atoms with Crippen LogP contribution in [0.3, 0.4) is 0 Å².